The van der Waals surface area contributed by atoms with Crippen molar-refractivity contribution in [3.8, 4) is 11.4 Å². The van der Waals surface area contributed by atoms with Crippen molar-refractivity contribution in [3.05, 3.63) is 98.8 Å². The van der Waals surface area contributed by atoms with Gasteiger partial charge < -0.3 is 15.2 Å². The maximum Gasteiger partial charge on any atom is 0.419 e. The lowest BCUT2D eigenvalue weighted by Crippen LogP contribution is -2.58. The Balaban J connectivity index is 1.75. The zero-order chi connectivity index (χ0) is 28.3. The Morgan fingerprint density at radius 3 is 2.46 bits per heavy atom. The van der Waals surface area contributed by atoms with E-state index in [9.17, 15) is 23.1 Å². The van der Waals surface area contributed by atoms with Crippen LogP contribution in [0, 0.1) is 6.92 Å². The molecule has 5 nitrogen and oxygen atoms in total. The topological polar surface area (TPSA) is 63.5 Å². The maximum absolute atomic E-state index is 14.7. The van der Waals surface area contributed by atoms with Gasteiger partial charge in [-0.25, -0.2) is 0 Å². The predicted molar refractivity (Wildman–Crippen MR) is 147 cm³/mol. The number of rotatable bonds is 4. The number of aromatic nitrogens is 1. The van der Waals surface area contributed by atoms with Gasteiger partial charge in [0.2, 0.25) is 0 Å². The van der Waals surface area contributed by atoms with Crippen LogP contribution < -0.4 is 15.6 Å². The highest BCUT2D eigenvalue weighted by molar-refractivity contribution is 6.32. The molecule has 0 spiro atoms. The monoisotopic (exact) mass is 556 g/mol. The van der Waals surface area contributed by atoms with Gasteiger partial charge in [-0.15, -0.1) is 0 Å². The quantitative estimate of drug-likeness (QED) is 0.282. The highest BCUT2D eigenvalue weighted by atomic mass is 35.5. The third-order valence-corrected chi connectivity index (χ3v) is 7.81. The van der Waals surface area contributed by atoms with Crippen LogP contribution in [0.5, 0.6) is 5.75 Å². The third kappa shape index (κ3) is 4.36. The van der Waals surface area contributed by atoms with Gasteiger partial charge in [0, 0.05) is 28.4 Å². The third-order valence-electron chi connectivity index (χ3n) is 7.51. The number of methoxy groups -OCH3 is 1. The lowest BCUT2D eigenvalue weighted by molar-refractivity contribution is -0.275. The first-order valence-electron chi connectivity index (χ1n) is 12.4. The number of fused-ring (bicyclic) bond motifs is 2. The standard InChI is InChI=1S/C30H28ClF3N2O3/c1-17-7-5-8-18(15-17)36-23-10-6-9-22(19(23)12-14-24(36)37)35-27-20-11-13-21(31)26(39-4)25(20)28(2,3)16-29(27,38)30(32,33)34/h5-15,27,35,38H,16H2,1-4H3. The van der Waals surface area contributed by atoms with E-state index in [0.717, 1.165) is 5.56 Å². The van der Waals surface area contributed by atoms with Crippen LogP contribution >= 0.6 is 11.6 Å². The number of nitrogens with one attached hydrogen (secondary N) is 1. The number of anilines is 1. The molecule has 1 aromatic heterocycles. The summed E-state index contributed by atoms with van der Waals surface area (Å²) in [6.07, 6.45) is -5.58. The summed E-state index contributed by atoms with van der Waals surface area (Å²) < 4.78 is 51.1. The summed E-state index contributed by atoms with van der Waals surface area (Å²) in [4.78, 5) is 12.9. The summed E-state index contributed by atoms with van der Waals surface area (Å²) in [5.74, 6) is 0.279. The molecule has 9 heteroatoms. The SMILES string of the molecule is COc1c(Cl)ccc2c1C(C)(C)CC(O)(C(F)(F)F)C2Nc1cccc2c1ccc(=O)n2-c1cccc(C)c1. The summed E-state index contributed by atoms with van der Waals surface area (Å²) in [6, 6.07) is 16.8. The number of pyridine rings is 1. The molecular weight excluding hydrogens is 529 g/mol. The molecular formula is C30H28ClF3N2O3. The van der Waals surface area contributed by atoms with E-state index in [1.165, 1.54) is 29.9 Å². The van der Waals surface area contributed by atoms with Gasteiger partial charge in [0.1, 0.15) is 5.75 Å². The number of halogens is 4. The predicted octanol–water partition coefficient (Wildman–Crippen LogP) is 7.09. The van der Waals surface area contributed by atoms with Crippen molar-refractivity contribution in [3.63, 3.8) is 0 Å². The van der Waals surface area contributed by atoms with Crippen molar-refractivity contribution in [1.29, 1.82) is 0 Å². The molecule has 1 heterocycles. The molecule has 5 rings (SSSR count). The number of hydrogen-bond donors (Lipinski definition) is 2. The van der Waals surface area contributed by atoms with Gasteiger partial charge >= 0.3 is 6.18 Å². The smallest absolute Gasteiger partial charge is 0.419 e. The fourth-order valence-electron chi connectivity index (χ4n) is 5.88. The molecule has 2 atom stereocenters. The second kappa shape index (κ2) is 9.31. The number of aliphatic hydroxyl groups is 1. The van der Waals surface area contributed by atoms with Crippen LogP contribution in [0.15, 0.2) is 71.5 Å². The molecule has 3 aromatic carbocycles. The van der Waals surface area contributed by atoms with Gasteiger partial charge in [-0.1, -0.05) is 49.7 Å². The first-order chi connectivity index (χ1) is 18.3. The van der Waals surface area contributed by atoms with Crippen molar-refractivity contribution in [2.75, 3.05) is 12.4 Å². The van der Waals surface area contributed by atoms with E-state index in [0.29, 0.717) is 27.8 Å². The Kier molecular flexibility index (Phi) is 6.47. The summed E-state index contributed by atoms with van der Waals surface area (Å²) in [6.45, 7) is 5.18. The largest absolute Gasteiger partial charge is 0.495 e. The second-order valence-electron chi connectivity index (χ2n) is 10.7. The Hall–Kier alpha value is -3.49. The van der Waals surface area contributed by atoms with Crippen LogP contribution in [0.25, 0.3) is 16.6 Å². The summed E-state index contributed by atoms with van der Waals surface area (Å²) in [7, 11) is 1.42. The Labute approximate surface area is 228 Å². The number of ether oxygens (including phenoxy) is 1. The highest BCUT2D eigenvalue weighted by Crippen LogP contribution is 2.57. The Morgan fingerprint density at radius 1 is 1.08 bits per heavy atom. The van der Waals surface area contributed by atoms with Crippen LogP contribution in [0.4, 0.5) is 18.9 Å². The van der Waals surface area contributed by atoms with Crippen LogP contribution in [0.3, 0.4) is 0 Å². The number of alkyl halides is 3. The van der Waals surface area contributed by atoms with Crippen LogP contribution in [0.1, 0.15) is 43.0 Å². The molecule has 0 fully saturated rings. The lowest BCUT2D eigenvalue weighted by atomic mass is 9.63. The van der Waals surface area contributed by atoms with Gasteiger partial charge in [0.15, 0.2) is 5.60 Å². The minimum absolute atomic E-state index is 0.233. The summed E-state index contributed by atoms with van der Waals surface area (Å²) in [5.41, 5.74) is -1.33. The molecule has 1 aliphatic rings. The first kappa shape index (κ1) is 27.1. The molecule has 1 aliphatic carbocycles. The minimum Gasteiger partial charge on any atom is -0.495 e. The normalized spacial score (nSPS) is 20.5. The second-order valence-corrected chi connectivity index (χ2v) is 11.1. The summed E-state index contributed by atoms with van der Waals surface area (Å²) >= 11 is 6.37. The van der Waals surface area contributed by atoms with Gasteiger partial charge in [0.05, 0.1) is 23.7 Å². The van der Waals surface area contributed by atoms with Crippen molar-refractivity contribution >= 4 is 28.2 Å². The van der Waals surface area contributed by atoms with Crippen molar-refractivity contribution in [2.45, 2.75) is 50.4 Å². The average molecular weight is 557 g/mol. The van der Waals surface area contributed by atoms with E-state index >= 15 is 0 Å². The first-order valence-corrected chi connectivity index (χ1v) is 12.8. The Bertz CT molecular complexity index is 1650. The van der Waals surface area contributed by atoms with Gasteiger partial charge in [-0.2, -0.15) is 13.2 Å². The van der Waals surface area contributed by atoms with E-state index in [2.05, 4.69) is 5.32 Å². The van der Waals surface area contributed by atoms with E-state index in [4.69, 9.17) is 16.3 Å². The molecule has 0 amide bonds. The van der Waals surface area contributed by atoms with Gasteiger partial charge in [-0.05, 0) is 66.3 Å². The Morgan fingerprint density at radius 2 is 1.79 bits per heavy atom. The van der Waals surface area contributed by atoms with Crippen molar-refractivity contribution < 1.29 is 23.0 Å². The average Bonchev–Trinajstić information content (AvgIpc) is 2.85. The molecule has 204 valence electrons. The number of aryl methyl sites for hydroxylation is 1. The highest BCUT2D eigenvalue weighted by Gasteiger charge is 2.64. The molecule has 0 aliphatic heterocycles. The van der Waals surface area contributed by atoms with Crippen molar-refractivity contribution in [1.82, 2.24) is 4.57 Å². The van der Waals surface area contributed by atoms with Crippen LogP contribution in [0.2, 0.25) is 5.02 Å². The minimum atomic E-state index is -4.96. The van der Waals surface area contributed by atoms with Gasteiger partial charge in [0.25, 0.3) is 5.56 Å². The lowest BCUT2D eigenvalue weighted by Gasteiger charge is -2.49. The fourth-order valence-corrected chi connectivity index (χ4v) is 6.11. The van der Waals surface area contributed by atoms with Crippen LogP contribution in [-0.2, 0) is 5.41 Å². The fraction of sp³-hybridized carbons (Fsp3) is 0.300. The van der Waals surface area contributed by atoms with E-state index in [-0.39, 0.29) is 21.9 Å². The molecule has 39 heavy (non-hydrogen) atoms. The maximum atomic E-state index is 14.7. The number of nitrogens with zero attached hydrogens (tertiary/aromatic N) is 1. The molecule has 4 aromatic rings. The zero-order valence-corrected chi connectivity index (χ0v) is 22.6. The van der Waals surface area contributed by atoms with E-state index < -0.39 is 29.7 Å². The van der Waals surface area contributed by atoms with E-state index in [1.54, 1.807) is 44.2 Å². The van der Waals surface area contributed by atoms with E-state index in [1.807, 2.05) is 25.1 Å². The van der Waals surface area contributed by atoms with Crippen LogP contribution in [-0.4, -0.2) is 28.6 Å². The molecule has 2 N–H and O–H groups in total. The van der Waals surface area contributed by atoms with Crippen molar-refractivity contribution in [2.24, 2.45) is 0 Å². The summed E-state index contributed by atoms with van der Waals surface area (Å²) in [5, 5.41) is 15.2. The van der Waals surface area contributed by atoms with Gasteiger partial charge in [-0.3, -0.25) is 9.36 Å². The molecule has 0 saturated heterocycles. The molecule has 0 bridgehead atoms. The molecule has 0 radical (unpaired) electrons. The molecule has 0 saturated carbocycles. The number of hydrogen-bond acceptors (Lipinski definition) is 4. The number of benzene rings is 3. The zero-order valence-electron chi connectivity index (χ0n) is 21.9. The molecule has 2 unspecified atom stereocenters.